The number of ether oxygens (including phenoxy) is 2. The van der Waals surface area contributed by atoms with E-state index in [4.69, 9.17) is 9.47 Å². The van der Waals surface area contributed by atoms with Crippen LogP contribution >= 0.6 is 0 Å². The first-order valence-corrected chi connectivity index (χ1v) is 7.79. The maximum atomic E-state index is 11.0. The summed E-state index contributed by atoms with van der Waals surface area (Å²) >= 11 is 0. The van der Waals surface area contributed by atoms with Gasteiger partial charge in [-0.3, -0.25) is 0 Å². The fourth-order valence-corrected chi connectivity index (χ4v) is 2.35. The van der Waals surface area contributed by atoms with E-state index in [2.05, 4.69) is 30.8 Å². The molecule has 0 aromatic heterocycles. The van der Waals surface area contributed by atoms with Crippen molar-refractivity contribution in [3.05, 3.63) is 84.4 Å². The summed E-state index contributed by atoms with van der Waals surface area (Å²) in [7, 11) is 0. The van der Waals surface area contributed by atoms with Crippen molar-refractivity contribution in [3.8, 4) is 0 Å². The molecule has 0 N–H and O–H groups in total. The van der Waals surface area contributed by atoms with Gasteiger partial charge < -0.3 is 9.47 Å². The molecule has 0 radical (unpaired) electrons. The first kappa shape index (κ1) is 17.0. The van der Waals surface area contributed by atoms with Gasteiger partial charge in [-0.05, 0) is 24.0 Å². The Hall–Kier alpha value is -2.39. The quantitative estimate of drug-likeness (QED) is 0.397. The molecule has 0 heterocycles. The first-order valence-electron chi connectivity index (χ1n) is 7.79. The Balaban J connectivity index is 1.90. The highest BCUT2D eigenvalue weighted by atomic mass is 16.6. The standard InChI is InChI=1S/C20H22O3/c1-2-20(21)23-16-15-22-19(18-11-7-4-8-12-18)14-13-17-9-5-3-6-10-17/h2-12,19H,1,13-16H2. The van der Waals surface area contributed by atoms with E-state index in [1.54, 1.807) is 0 Å². The predicted molar refractivity (Wildman–Crippen MR) is 91.1 cm³/mol. The third-order valence-electron chi connectivity index (χ3n) is 3.52. The molecular weight excluding hydrogens is 288 g/mol. The Kier molecular flexibility index (Phi) is 7.08. The maximum Gasteiger partial charge on any atom is 0.330 e. The molecular formula is C20H22O3. The molecule has 0 saturated carbocycles. The lowest BCUT2D eigenvalue weighted by molar-refractivity contribution is -0.140. The van der Waals surface area contributed by atoms with Crippen LogP contribution in [0.15, 0.2) is 73.3 Å². The van der Waals surface area contributed by atoms with Crippen LogP contribution in [0.3, 0.4) is 0 Å². The number of carbonyl (C=O) groups excluding carboxylic acids is 1. The van der Waals surface area contributed by atoms with Gasteiger partial charge in [0.15, 0.2) is 0 Å². The second-order valence-electron chi connectivity index (χ2n) is 5.17. The van der Waals surface area contributed by atoms with E-state index in [0.717, 1.165) is 24.5 Å². The van der Waals surface area contributed by atoms with Crippen molar-refractivity contribution in [1.29, 1.82) is 0 Å². The van der Waals surface area contributed by atoms with Crippen LogP contribution in [-0.2, 0) is 20.7 Å². The molecule has 1 unspecified atom stereocenters. The van der Waals surface area contributed by atoms with E-state index >= 15 is 0 Å². The van der Waals surface area contributed by atoms with E-state index in [0.29, 0.717) is 6.61 Å². The number of hydrogen-bond acceptors (Lipinski definition) is 3. The summed E-state index contributed by atoms with van der Waals surface area (Å²) in [6, 6.07) is 20.5. The minimum Gasteiger partial charge on any atom is -0.460 e. The molecule has 3 nitrogen and oxygen atoms in total. The summed E-state index contributed by atoms with van der Waals surface area (Å²) in [4.78, 5) is 11.0. The minimum atomic E-state index is -0.422. The van der Waals surface area contributed by atoms with Crippen molar-refractivity contribution in [1.82, 2.24) is 0 Å². The third-order valence-corrected chi connectivity index (χ3v) is 3.52. The van der Waals surface area contributed by atoms with Gasteiger partial charge in [0.1, 0.15) is 6.61 Å². The third kappa shape index (κ3) is 6.09. The monoisotopic (exact) mass is 310 g/mol. The molecule has 2 rings (SSSR count). The molecule has 0 saturated heterocycles. The number of aryl methyl sites for hydroxylation is 1. The van der Waals surface area contributed by atoms with Crippen molar-refractivity contribution < 1.29 is 14.3 Å². The van der Waals surface area contributed by atoms with Crippen molar-refractivity contribution in [2.24, 2.45) is 0 Å². The lowest BCUT2D eigenvalue weighted by atomic mass is 10.0. The Morgan fingerprint density at radius 2 is 1.65 bits per heavy atom. The average molecular weight is 310 g/mol. The molecule has 0 aliphatic heterocycles. The van der Waals surface area contributed by atoms with Gasteiger partial charge in [0.05, 0.1) is 12.7 Å². The zero-order chi connectivity index (χ0) is 16.3. The number of rotatable bonds is 9. The van der Waals surface area contributed by atoms with Crippen molar-refractivity contribution in [2.75, 3.05) is 13.2 Å². The second kappa shape index (κ2) is 9.59. The molecule has 1 atom stereocenters. The van der Waals surface area contributed by atoms with Crippen molar-refractivity contribution in [2.45, 2.75) is 18.9 Å². The topological polar surface area (TPSA) is 35.5 Å². The van der Waals surface area contributed by atoms with Crippen LogP contribution in [0.2, 0.25) is 0 Å². The lowest BCUT2D eigenvalue weighted by Crippen LogP contribution is -2.12. The van der Waals surface area contributed by atoms with Crippen molar-refractivity contribution in [3.63, 3.8) is 0 Å². The van der Waals surface area contributed by atoms with E-state index in [-0.39, 0.29) is 12.7 Å². The molecule has 0 fully saturated rings. The Labute approximate surface area is 137 Å². The second-order valence-corrected chi connectivity index (χ2v) is 5.17. The van der Waals surface area contributed by atoms with Gasteiger partial charge in [-0.25, -0.2) is 4.79 Å². The Morgan fingerprint density at radius 3 is 2.30 bits per heavy atom. The molecule has 3 heteroatoms. The summed E-state index contributed by atoms with van der Waals surface area (Å²) in [5, 5.41) is 0. The van der Waals surface area contributed by atoms with Gasteiger partial charge >= 0.3 is 5.97 Å². The molecule has 2 aromatic rings. The molecule has 0 aliphatic carbocycles. The zero-order valence-electron chi connectivity index (χ0n) is 13.2. The fourth-order valence-electron chi connectivity index (χ4n) is 2.35. The van der Waals surface area contributed by atoms with Crippen LogP contribution in [0.25, 0.3) is 0 Å². The smallest absolute Gasteiger partial charge is 0.330 e. The predicted octanol–water partition coefficient (Wildman–Crippen LogP) is 4.11. The highest BCUT2D eigenvalue weighted by molar-refractivity contribution is 5.81. The largest absolute Gasteiger partial charge is 0.460 e. The lowest BCUT2D eigenvalue weighted by Gasteiger charge is -2.18. The molecule has 2 aromatic carbocycles. The van der Waals surface area contributed by atoms with Gasteiger partial charge in [0.2, 0.25) is 0 Å². The number of hydrogen-bond donors (Lipinski definition) is 0. The molecule has 0 aliphatic rings. The summed E-state index contributed by atoms with van der Waals surface area (Å²) in [5.74, 6) is -0.422. The number of benzene rings is 2. The molecule has 0 bridgehead atoms. The molecule has 120 valence electrons. The summed E-state index contributed by atoms with van der Waals surface area (Å²) < 4.78 is 10.9. The normalized spacial score (nSPS) is 11.7. The van der Waals surface area contributed by atoms with Gasteiger partial charge in [-0.15, -0.1) is 0 Å². The zero-order valence-corrected chi connectivity index (χ0v) is 13.2. The minimum absolute atomic E-state index is 0.0150. The highest BCUT2D eigenvalue weighted by Gasteiger charge is 2.12. The number of esters is 1. The molecule has 0 amide bonds. The van der Waals surface area contributed by atoms with E-state index in [1.807, 2.05) is 36.4 Å². The first-order chi connectivity index (χ1) is 11.3. The molecule has 23 heavy (non-hydrogen) atoms. The SMILES string of the molecule is C=CC(=O)OCCOC(CCc1ccccc1)c1ccccc1. The summed E-state index contributed by atoms with van der Waals surface area (Å²) in [6.07, 6.45) is 2.96. The Bertz CT molecular complexity index is 593. The Morgan fingerprint density at radius 1 is 1.00 bits per heavy atom. The van der Waals surface area contributed by atoms with Crippen LogP contribution < -0.4 is 0 Å². The van der Waals surface area contributed by atoms with E-state index < -0.39 is 5.97 Å². The van der Waals surface area contributed by atoms with Crippen LogP contribution in [0, 0.1) is 0 Å². The maximum absolute atomic E-state index is 11.0. The van der Waals surface area contributed by atoms with E-state index in [1.165, 1.54) is 5.56 Å². The average Bonchev–Trinajstić information content (AvgIpc) is 2.62. The summed E-state index contributed by atoms with van der Waals surface area (Å²) in [6.45, 7) is 3.97. The van der Waals surface area contributed by atoms with Crippen LogP contribution in [0.5, 0.6) is 0 Å². The van der Waals surface area contributed by atoms with Gasteiger partial charge in [-0.1, -0.05) is 67.2 Å². The van der Waals surface area contributed by atoms with Gasteiger partial charge in [0.25, 0.3) is 0 Å². The summed E-state index contributed by atoms with van der Waals surface area (Å²) in [5.41, 5.74) is 2.42. The van der Waals surface area contributed by atoms with Crippen LogP contribution in [0.1, 0.15) is 23.7 Å². The van der Waals surface area contributed by atoms with Crippen LogP contribution in [-0.4, -0.2) is 19.2 Å². The van der Waals surface area contributed by atoms with Gasteiger partial charge in [0, 0.05) is 6.08 Å². The van der Waals surface area contributed by atoms with Crippen LogP contribution in [0.4, 0.5) is 0 Å². The van der Waals surface area contributed by atoms with Crippen molar-refractivity contribution >= 4 is 5.97 Å². The highest BCUT2D eigenvalue weighted by Crippen LogP contribution is 2.23. The van der Waals surface area contributed by atoms with E-state index in [9.17, 15) is 4.79 Å². The number of carbonyl (C=O) groups is 1. The van der Waals surface area contributed by atoms with Gasteiger partial charge in [-0.2, -0.15) is 0 Å². The fraction of sp³-hybridized carbons (Fsp3) is 0.250. The molecule has 0 spiro atoms.